The van der Waals surface area contributed by atoms with E-state index in [2.05, 4.69) is 32.2 Å². The predicted octanol–water partition coefficient (Wildman–Crippen LogP) is 3.28. The number of hydrogen-bond donors (Lipinski definition) is 3. The number of nitrogens with zero attached hydrogens (tertiary/aromatic N) is 4. The van der Waals surface area contributed by atoms with Gasteiger partial charge >= 0.3 is 0 Å². The molecular formula is C23H23N7O. The first-order chi connectivity index (χ1) is 15.0. The van der Waals surface area contributed by atoms with Gasteiger partial charge in [-0.25, -0.2) is 9.97 Å². The van der Waals surface area contributed by atoms with Crippen LogP contribution in [0.5, 0.6) is 0 Å². The molecule has 0 aliphatic carbocycles. The van der Waals surface area contributed by atoms with Crippen molar-refractivity contribution >= 4 is 28.2 Å². The molecule has 8 heteroatoms. The van der Waals surface area contributed by atoms with Gasteiger partial charge in [-0.2, -0.15) is 5.10 Å². The Bertz CT molecular complexity index is 1300. The quantitative estimate of drug-likeness (QED) is 0.471. The highest BCUT2D eigenvalue weighted by Crippen LogP contribution is 2.36. The molecule has 1 saturated heterocycles. The number of benzene rings is 2. The van der Waals surface area contributed by atoms with Crippen LogP contribution < -0.4 is 16.4 Å². The average Bonchev–Trinajstić information content (AvgIpc) is 3.46. The third-order valence-corrected chi connectivity index (χ3v) is 5.82. The maximum Gasteiger partial charge on any atom is 0.269 e. The summed E-state index contributed by atoms with van der Waals surface area (Å²) in [4.78, 5) is 23.8. The number of nitrogens with two attached hydrogens (primary N) is 2. The van der Waals surface area contributed by atoms with Gasteiger partial charge in [0.1, 0.15) is 0 Å². The van der Waals surface area contributed by atoms with E-state index >= 15 is 0 Å². The van der Waals surface area contributed by atoms with E-state index in [4.69, 9.17) is 16.5 Å². The number of aromatic nitrogens is 4. The van der Waals surface area contributed by atoms with Crippen molar-refractivity contribution < 1.29 is 4.79 Å². The summed E-state index contributed by atoms with van der Waals surface area (Å²) < 4.78 is 0. The number of nitrogens with one attached hydrogen (secondary N) is 1. The lowest BCUT2D eigenvalue weighted by Crippen LogP contribution is -2.18. The summed E-state index contributed by atoms with van der Waals surface area (Å²) in [5.74, 6) is -0.269. The van der Waals surface area contributed by atoms with Gasteiger partial charge in [-0.15, -0.1) is 0 Å². The summed E-state index contributed by atoms with van der Waals surface area (Å²) in [5, 5.41) is 7.99. The normalized spacial score (nSPS) is 13.8. The van der Waals surface area contributed by atoms with E-state index in [9.17, 15) is 4.79 Å². The molecule has 0 atom stereocenters. The van der Waals surface area contributed by atoms with Gasteiger partial charge in [0.15, 0.2) is 11.5 Å². The first kappa shape index (κ1) is 19.0. The number of rotatable bonds is 4. The molecule has 156 valence electrons. The molecule has 8 nitrogen and oxygen atoms in total. The van der Waals surface area contributed by atoms with Crippen LogP contribution >= 0.6 is 0 Å². The molecule has 0 radical (unpaired) electrons. The minimum absolute atomic E-state index is 0.0199. The number of carbonyl (C=O) groups is 1. The van der Waals surface area contributed by atoms with E-state index in [1.807, 2.05) is 31.2 Å². The molecule has 5 rings (SSSR count). The zero-order chi connectivity index (χ0) is 21.5. The van der Waals surface area contributed by atoms with Gasteiger partial charge in [0.25, 0.3) is 5.91 Å². The van der Waals surface area contributed by atoms with Crippen molar-refractivity contribution in [3.05, 3.63) is 53.9 Å². The highest BCUT2D eigenvalue weighted by molar-refractivity contribution is 6.04. The maximum absolute atomic E-state index is 12.2. The van der Waals surface area contributed by atoms with Crippen molar-refractivity contribution in [2.75, 3.05) is 23.7 Å². The standard InChI is InChI=1S/C23H23N7O/c1-13-7-8-17-16(12-26-29-17)18(13)20-19(24)21(22(25)31)28-23(27-20)14-5-4-6-15(11-14)30-9-2-3-10-30/h4-8,11-12H,2-3,9-10,24H2,1H3,(H2,25,31)(H,26,29). The van der Waals surface area contributed by atoms with Crippen LogP contribution in [0.4, 0.5) is 11.4 Å². The zero-order valence-corrected chi connectivity index (χ0v) is 17.2. The largest absolute Gasteiger partial charge is 0.395 e. The van der Waals surface area contributed by atoms with Gasteiger partial charge < -0.3 is 16.4 Å². The molecular weight excluding hydrogens is 390 g/mol. The highest BCUT2D eigenvalue weighted by atomic mass is 16.1. The molecule has 31 heavy (non-hydrogen) atoms. The van der Waals surface area contributed by atoms with Crippen LogP contribution in [0.1, 0.15) is 28.9 Å². The summed E-state index contributed by atoms with van der Waals surface area (Å²) in [6.07, 6.45) is 4.11. The molecule has 1 fully saturated rings. The second-order valence-corrected chi connectivity index (χ2v) is 7.86. The van der Waals surface area contributed by atoms with Gasteiger partial charge in [0.05, 0.1) is 23.1 Å². The van der Waals surface area contributed by atoms with Crippen molar-refractivity contribution in [1.29, 1.82) is 0 Å². The summed E-state index contributed by atoms with van der Waals surface area (Å²) in [5.41, 5.74) is 17.2. The minimum atomic E-state index is -0.685. The SMILES string of the molecule is Cc1ccc2[nH]ncc2c1-c1nc(-c2cccc(N3CCCC3)c2)nc(C(N)=O)c1N. The molecule has 2 aromatic heterocycles. The lowest BCUT2D eigenvalue weighted by molar-refractivity contribution is 0.0996. The van der Waals surface area contributed by atoms with E-state index in [0.717, 1.165) is 46.4 Å². The molecule has 2 aromatic carbocycles. The highest BCUT2D eigenvalue weighted by Gasteiger charge is 2.22. The number of H-pyrrole nitrogens is 1. The van der Waals surface area contributed by atoms with Crippen molar-refractivity contribution in [3.63, 3.8) is 0 Å². The van der Waals surface area contributed by atoms with Crippen LogP contribution in [0.2, 0.25) is 0 Å². The van der Waals surface area contributed by atoms with Crippen LogP contribution in [0.15, 0.2) is 42.6 Å². The first-order valence-corrected chi connectivity index (χ1v) is 10.3. The topological polar surface area (TPSA) is 127 Å². The maximum atomic E-state index is 12.2. The van der Waals surface area contributed by atoms with Crippen molar-refractivity contribution in [2.45, 2.75) is 19.8 Å². The molecule has 0 saturated carbocycles. The van der Waals surface area contributed by atoms with Crippen molar-refractivity contribution in [3.8, 4) is 22.6 Å². The Morgan fingerprint density at radius 1 is 1.13 bits per heavy atom. The monoisotopic (exact) mass is 413 g/mol. The van der Waals surface area contributed by atoms with Gasteiger partial charge in [-0.3, -0.25) is 9.89 Å². The van der Waals surface area contributed by atoms with E-state index < -0.39 is 5.91 Å². The Morgan fingerprint density at radius 3 is 2.71 bits per heavy atom. The molecule has 0 spiro atoms. The number of carbonyl (C=O) groups excluding carboxylic acids is 1. The number of hydrogen-bond acceptors (Lipinski definition) is 6. The molecule has 1 amide bonds. The van der Waals surface area contributed by atoms with Crippen LogP contribution in [0, 0.1) is 6.92 Å². The summed E-state index contributed by atoms with van der Waals surface area (Å²) >= 11 is 0. The fraction of sp³-hybridized carbons (Fsp3) is 0.217. The molecule has 1 aliphatic rings. The summed E-state index contributed by atoms with van der Waals surface area (Å²) in [7, 11) is 0. The number of nitrogen functional groups attached to an aromatic ring is 1. The number of amides is 1. The Hall–Kier alpha value is -3.94. The van der Waals surface area contributed by atoms with Gasteiger partial charge in [-0.05, 0) is 43.5 Å². The third-order valence-electron chi connectivity index (χ3n) is 5.82. The van der Waals surface area contributed by atoms with Crippen LogP contribution in [-0.2, 0) is 0 Å². The fourth-order valence-electron chi connectivity index (χ4n) is 4.23. The number of anilines is 2. The molecule has 3 heterocycles. The summed E-state index contributed by atoms with van der Waals surface area (Å²) in [6.45, 7) is 4.04. The van der Waals surface area contributed by atoms with Crippen LogP contribution in [0.25, 0.3) is 33.5 Å². The second-order valence-electron chi connectivity index (χ2n) is 7.86. The fourth-order valence-corrected chi connectivity index (χ4v) is 4.23. The lowest BCUT2D eigenvalue weighted by atomic mass is 9.99. The lowest BCUT2D eigenvalue weighted by Gasteiger charge is -2.18. The average molecular weight is 413 g/mol. The smallest absolute Gasteiger partial charge is 0.269 e. The Balaban J connectivity index is 1.73. The van der Waals surface area contributed by atoms with E-state index in [1.54, 1.807) is 6.20 Å². The Kier molecular flexibility index (Phi) is 4.54. The van der Waals surface area contributed by atoms with Crippen LogP contribution in [-0.4, -0.2) is 39.2 Å². The van der Waals surface area contributed by atoms with E-state index in [0.29, 0.717) is 11.5 Å². The summed E-state index contributed by atoms with van der Waals surface area (Å²) in [6, 6.07) is 12.0. The third kappa shape index (κ3) is 3.26. The Morgan fingerprint density at radius 2 is 1.94 bits per heavy atom. The van der Waals surface area contributed by atoms with Crippen LogP contribution in [0.3, 0.4) is 0 Å². The Labute approximate surface area is 179 Å². The van der Waals surface area contributed by atoms with Crippen molar-refractivity contribution in [1.82, 2.24) is 20.2 Å². The first-order valence-electron chi connectivity index (χ1n) is 10.3. The van der Waals surface area contributed by atoms with Gasteiger partial charge in [0, 0.05) is 35.3 Å². The van der Waals surface area contributed by atoms with E-state index in [-0.39, 0.29) is 11.4 Å². The predicted molar refractivity (Wildman–Crippen MR) is 122 cm³/mol. The molecule has 4 aromatic rings. The molecule has 1 aliphatic heterocycles. The van der Waals surface area contributed by atoms with Crippen molar-refractivity contribution in [2.24, 2.45) is 5.73 Å². The molecule has 0 bridgehead atoms. The number of fused-ring (bicyclic) bond motifs is 1. The second kappa shape index (κ2) is 7.39. The number of aromatic amines is 1. The zero-order valence-electron chi connectivity index (χ0n) is 17.2. The molecule has 0 unspecified atom stereocenters. The van der Waals surface area contributed by atoms with E-state index in [1.165, 1.54) is 12.8 Å². The molecule has 5 N–H and O–H groups in total. The minimum Gasteiger partial charge on any atom is -0.395 e. The number of aryl methyl sites for hydroxylation is 1. The van der Waals surface area contributed by atoms with Gasteiger partial charge in [0.2, 0.25) is 0 Å². The van der Waals surface area contributed by atoms with Gasteiger partial charge in [-0.1, -0.05) is 18.2 Å². The number of primary amides is 1.